The molecular weight excluding hydrogens is 318 g/mol. The maximum atomic E-state index is 6.01. The number of halogens is 2. The number of benzene rings is 1. The van der Waals surface area contributed by atoms with Crippen molar-refractivity contribution in [2.75, 3.05) is 45.4 Å². The first-order valence-electron chi connectivity index (χ1n) is 5.80. The number of rotatable bonds is 8. The van der Waals surface area contributed by atoms with E-state index in [1.807, 2.05) is 6.07 Å². The highest BCUT2D eigenvalue weighted by atomic mass is 79.9. The number of methoxy groups -OCH3 is 2. The molecule has 0 heterocycles. The number of alkyl halides is 1. The molecule has 0 fully saturated rings. The van der Waals surface area contributed by atoms with Gasteiger partial charge in [0.2, 0.25) is 0 Å². The SMILES string of the molecule is COCCN(CCOC)c1ccc(Br)cc1CCl. The highest BCUT2D eigenvalue weighted by Crippen LogP contribution is 2.26. The Kier molecular flexibility index (Phi) is 7.66. The molecule has 0 aliphatic rings. The Morgan fingerprint density at radius 1 is 1.17 bits per heavy atom. The minimum absolute atomic E-state index is 0.491. The summed E-state index contributed by atoms with van der Waals surface area (Å²) < 4.78 is 11.3. The van der Waals surface area contributed by atoms with Gasteiger partial charge in [-0.15, -0.1) is 11.6 Å². The van der Waals surface area contributed by atoms with Gasteiger partial charge in [0.05, 0.1) is 13.2 Å². The molecule has 0 saturated carbocycles. The average molecular weight is 337 g/mol. The van der Waals surface area contributed by atoms with Crippen LogP contribution in [0.15, 0.2) is 22.7 Å². The van der Waals surface area contributed by atoms with E-state index >= 15 is 0 Å². The molecule has 0 aromatic heterocycles. The van der Waals surface area contributed by atoms with Gasteiger partial charge in [0.1, 0.15) is 0 Å². The van der Waals surface area contributed by atoms with Crippen LogP contribution in [0.5, 0.6) is 0 Å². The molecule has 0 spiro atoms. The Labute approximate surface area is 122 Å². The summed E-state index contributed by atoms with van der Waals surface area (Å²) in [4.78, 5) is 2.23. The van der Waals surface area contributed by atoms with Crippen molar-refractivity contribution in [3.63, 3.8) is 0 Å². The molecule has 0 saturated heterocycles. The van der Waals surface area contributed by atoms with E-state index in [9.17, 15) is 0 Å². The van der Waals surface area contributed by atoms with Crippen LogP contribution in [-0.2, 0) is 15.4 Å². The van der Waals surface area contributed by atoms with E-state index < -0.39 is 0 Å². The molecule has 0 N–H and O–H groups in total. The van der Waals surface area contributed by atoms with Gasteiger partial charge in [-0.25, -0.2) is 0 Å². The summed E-state index contributed by atoms with van der Waals surface area (Å²) in [6.45, 7) is 3.01. The van der Waals surface area contributed by atoms with Gasteiger partial charge in [0.25, 0.3) is 0 Å². The zero-order valence-corrected chi connectivity index (χ0v) is 13.1. The summed E-state index contributed by atoms with van der Waals surface area (Å²) in [6, 6.07) is 6.15. The van der Waals surface area contributed by atoms with Gasteiger partial charge in [-0.2, -0.15) is 0 Å². The van der Waals surface area contributed by atoms with Crippen molar-refractivity contribution in [3.8, 4) is 0 Å². The Bertz CT molecular complexity index is 355. The van der Waals surface area contributed by atoms with Crippen LogP contribution in [0.4, 0.5) is 5.69 Å². The third-order valence-electron chi connectivity index (χ3n) is 2.66. The van der Waals surface area contributed by atoms with Crippen LogP contribution in [0.2, 0.25) is 0 Å². The molecule has 1 aromatic rings. The third kappa shape index (κ3) is 4.76. The lowest BCUT2D eigenvalue weighted by atomic mass is 10.2. The fourth-order valence-corrected chi connectivity index (χ4v) is 2.35. The van der Waals surface area contributed by atoms with Crippen molar-refractivity contribution in [1.82, 2.24) is 0 Å². The van der Waals surface area contributed by atoms with Crippen LogP contribution in [-0.4, -0.2) is 40.5 Å². The summed E-state index contributed by atoms with van der Waals surface area (Å²) in [6.07, 6.45) is 0. The van der Waals surface area contributed by atoms with E-state index in [0.717, 1.165) is 28.8 Å². The first-order valence-corrected chi connectivity index (χ1v) is 7.13. The fourth-order valence-electron chi connectivity index (χ4n) is 1.73. The topological polar surface area (TPSA) is 21.7 Å². The van der Waals surface area contributed by atoms with E-state index in [2.05, 4.69) is 33.0 Å². The van der Waals surface area contributed by atoms with Crippen LogP contribution in [0, 0.1) is 0 Å². The van der Waals surface area contributed by atoms with Gasteiger partial charge < -0.3 is 14.4 Å². The van der Waals surface area contributed by atoms with Crippen molar-refractivity contribution in [2.24, 2.45) is 0 Å². The molecular formula is C13H19BrClNO2. The molecule has 1 rings (SSSR count). The molecule has 0 unspecified atom stereocenters. The summed E-state index contributed by atoms with van der Waals surface area (Å²) in [5.74, 6) is 0.491. The predicted octanol–water partition coefficient (Wildman–Crippen LogP) is 3.29. The van der Waals surface area contributed by atoms with E-state index in [-0.39, 0.29) is 0 Å². The minimum atomic E-state index is 0.491. The molecule has 18 heavy (non-hydrogen) atoms. The van der Waals surface area contributed by atoms with Crippen LogP contribution < -0.4 is 4.90 Å². The van der Waals surface area contributed by atoms with Gasteiger partial charge in [-0.3, -0.25) is 0 Å². The first-order chi connectivity index (χ1) is 8.72. The van der Waals surface area contributed by atoms with Gasteiger partial charge in [0, 0.05) is 43.3 Å². The summed E-state index contributed by atoms with van der Waals surface area (Å²) in [7, 11) is 3.41. The van der Waals surface area contributed by atoms with Gasteiger partial charge in [-0.1, -0.05) is 15.9 Å². The predicted molar refractivity (Wildman–Crippen MR) is 79.7 cm³/mol. The Balaban J connectivity index is 2.88. The summed E-state index contributed by atoms with van der Waals surface area (Å²) >= 11 is 9.47. The molecule has 102 valence electrons. The van der Waals surface area contributed by atoms with Gasteiger partial charge >= 0.3 is 0 Å². The molecule has 0 bridgehead atoms. The number of hydrogen-bond donors (Lipinski definition) is 0. The quantitative estimate of drug-likeness (QED) is 0.680. The molecule has 1 aromatic carbocycles. The Morgan fingerprint density at radius 3 is 2.28 bits per heavy atom. The third-order valence-corrected chi connectivity index (χ3v) is 3.44. The first kappa shape index (κ1) is 15.8. The highest BCUT2D eigenvalue weighted by molar-refractivity contribution is 9.10. The zero-order valence-electron chi connectivity index (χ0n) is 10.8. The van der Waals surface area contributed by atoms with E-state index in [4.69, 9.17) is 21.1 Å². The maximum Gasteiger partial charge on any atom is 0.0637 e. The minimum Gasteiger partial charge on any atom is -0.383 e. The second kappa shape index (κ2) is 8.75. The van der Waals surface area contributed by atoms with Crippen LogP contribution in [0.1, 0.15) is 5.56 Å². The lowest BCUT2D eigenvalue weighted by Crippen LogP contribution is -2.31. The van der Waals surface area contributed by atoms with Crippen LogP contribution in [0.3, 0.4) is 0 Å². The Hall–Kier alpha value is -0.290. The van der Waals surface area contributed by atoms with Gasteiger partial charge in [-0.05, 0) is 23.8 Å². The second-order valence-corrected chi connectivity index (χ2v) is 5.06. The monoisotopic (exact) mass is 335 g/mol. The standard InChI is InChI=1S/C13H19BrClNO2/c1-17-7-5-16(6-8-18-2)13-4-3-12(14)9-11(13)10-15/h3-4,9H,5-8,10H2,1-2H3. The molecule has 5 heteroatoms. The van der Waals surface area contributed by atoms with Crippen molar-refractivity contribution >= 4 is 33.2 Å². The lowest BCUT2D eigenvalue weighted by Gasteiger charge is -2.26. The van der Waals surface area contributed by atoms with Crippen molar-refractivity contribution in [2.45, 2.75) is 5.88 Å². The molecule has 0 amide bonds. The number of nitrogens with zero attached hydrogens (tertiary/aromatic N) is 1. The fraction of sp³-hybridized carbons (Fsp3) is 0.538. The smallest absolute Gasteiger partial charge is 0.0637 e. The molecule has 0 aliphatic heterocycles. The molecule has 0 radical (unpaired) electrons. The average Bonchev–Trinajstić information content (AvgIpc) is 2.39. The normalized spacial score (nSPS) is 10.7. The van der Waals surface area contributed by atoms with E-state index in [0.29, 0.717) is 19.1 Å². The number of hydrogen-bond acceptors (Lipinski definition) is 3. The number of anilines is 1. The van der Waals surface area contributed by atoms with Crippen molar-refractivity contribution in [3.05, 3.63) is 28.2 Å². The van der Waals surface area contributed by atoms with Crippen LogP contribution in [0.25, 0.3) is 0 Å². The second-order valence-electron chi connectivity index (χ2n) is 3.88. The van der Waals surface area contributed by atoms with Gasteiger partial charge in [0.15, 0.2) is 0 Å². The summed E-state index contributed by atoms with van der Waals surface area (Å²) in [5, 5.41) is 0. The molecule has 0 aliphatic carbocycles. The largest absolute Gasteiger partial charge is 0.383 e. The van der Waals surface area contributed by atoms with E-state index in [1.54, 1.807) is 14.2 Å². The zero-order chi connectivity index (χ0) is 13.4. The van der Waals surface area contributed by atoms with Crippen molar-refractivity contribution < 1.29 is 9.47 Å². The maximum absolute atomic E-state index is 6.01. The van der Waals surface area contributed by atoms with Crippen LogP contribution >= 0.6 is 27.5 Å². The summed E-state index contributed by atoms with van der Waals surface area (Å²) in [5.41, 5.74) is 2.25. The lowest BCUT2D eigenvalue weighted by molar-refractivity contribution is 0.190. The number of ether oxygens (including phenoxy) is 2. The highest BCUT2D eigenvalue weighted by Gasteiger charge is 2.11. The molecule has 3 nitrogen and oxygen atoms in total. The molecule has 0 atom stereocenters. The van der Waals surface area contributed by atoms with Crippen molar-refractivity contribution in [1.29, 1.82) is 0 Å². The van der Waals surface area contributed by atoms with E-state index in [1.165, 1.54) is 0 Å². The Morgan fingerprint density at radius 2 is 1.78 bits per heavy atom.